The van der Waals surface area contributed by atoms with Crippen molar-refractivity contribution in [1.29, 1.82) is 0 Å². The zero-order valence-electron chi connectivity index (χ0n) is 9.81. The van der Waals surface area contributed by atoms with Gasteiger partial charge in [0.25, 0.3) is 0 Å². The van der Waals surface area contributed by atoms with Gasteiger partial charge < -0.3 is 20.9 Å². The third kappa shape index (κ3) is 4.08. The molecule has 1 unspecified atom stereocenters. The van der Waals surface area contributed by atoms with Crippen molar-refractivity contribution in [2.24, 2.45) is 5.73 Å². The molecular weight excluding hydrogens is 204 g/mol. The Morgan fingerprint density at radius 3 is 2.69 bits per heavy atom. The molecule has 0 aliphatic carbocycles. The summed E-state index contributed by atoms with van der Waals surface area (Å²) in [5.41, 5.74) is 6.52. The van der Waals surface area contributed by atoms with Gasteiger partial charge in [0, 0.05) is 12.6 Å². The molecule has 0 saturated heterocycles. The molecule has 90 valence electrons. The first-order valence-electron chi connectivity index (χ1n) is 5.49. The van der Waals surface area contributed by atoms with Crippen molar-refractivity contribution in [3.63, 3.8) is 0 Å². The predicted molar refractivity (Wildman–Crippen MR) is 65.8 cm³/mol. The van der Waals surface area contributed by atoms with Crippen LogP contribution in [0.4, 0.5) is 5.69 Å². The van der Waals surface area contributed by atoms with Crippen molar-refractivity contribution < 1.29 is 9.84 Å². The molecule has 0 bridgehead atoms. The lowest BCUT2D eigenvalue weighted by Gasteiger charge is -2.16. The summed E-state index contributed by atoms with van der Waals surface area (Å²) in [5, 5.41) is 12.0. The number of rotatable bonds is 6. The van der Waals surface area contributed by atoms with Gasteiger partial charge in [-0.25, -0.2) is 0 Å². The Balaban J connectivity index is 2.63. The lowest BCUT2D eigenvalue weighted by molar-refractivity contribution is 0.243. The number of para-hydroxylation sites is 2. The van der Waals surface area contributed by atoms with Crippen LogP contribution in [0.1, 0.15) is 13.8 Å². The maximum atomic E-state index is 8.83. The zero-order valence-corrected chi connectivity index (χ0v) is 9.81. The fourth-order valence-electron chi connectivity index (χ4n) is 1.27. The molecule has 0 aromatic heterocycles. The van der Waals surface area contributed by atoms with Gasteiger partial charge in [0.1, 0.15) is 5.75 Å². The molecule has 4 heteroatoms. The van der Waals surface area contributed by atoms with Gasteiger partial charge in [-0.05, 0) is 26.0 Å². The molecule has 0 radical (unpaired) electrons. The van der Waals surface area contributed by atoms with Gasteiger partial charge in [-0.3, -0.25) is 0 Å². The molecule has 0 aliphatic rings. The van der Waals surface area contributed by atoms with Gasteiger partial charge in [-0.1, -0.05) is 12.1 Å². The van der Waals surface area contributed by atoms with E-state index in [9.17, 15) is 0 Å². The Bertz CT molecular complexity index is 316. The van der Waals surface area contributed by atoms with E-state index >= 15 is 0 Å². The lowest BCUT2D eigenvalue weighted by Crippen LogP contribution is -2.32. The quantitative estimate of drug-likeness (QED) is 0.679. The fraction of sp³-hybridized carbons (Fsp3) is 0.500. The van der Waals surface area contributed by atoms with Gasteiger partial charge in [0.2, 0.25) is 0 Å². The highest BCUT2D eigenvalue weighted by atomic mass is 16.5. The standard InChI is InChI=1S/C12H20N2O2/c1-9(2)16-12-6-4-3-5-11(12)14-7-10(13)8-15/h3-6,9-10,14-15H,7-8,13H2,1-2H3. The summed E-state index contributed by atoms with van der Waals surface area (Å²) in [5.74, 6) is 0.808. The molecule has 1 atom stereocenters. The Morgan fingerprint density at radius 2 is 2.06 bits per heavy atom. The predicted octanol–water partition coefficient (Wildman–Crippen LogP) is 1.21. The number of anilines is 1. The summed E-state index contributed by atoms with van der Waals surface area (Å²) in [4.78, 5) is 0. The number of nitrogens with two attached hydrogens (primary N) is 1. The van der Waals surface area contributed by atoms with E-state index in [1.165, 1.54) is 0 Å². The van der Waals surface area contributed by atoms with Crippen LogP contribution in [-0.2, 0) is 0 Å². The molecule has 0 spiro atoms. The van der Waals surface area contributed by atoms with Gasteiger partial charge >= 0.3 is 0 Å². The minimum atomic E-state index is -0.257. The largest absolute Gasteiger partial charge is 0.489 e. The maximum absolute atomic E-state index is 8.83. The van der Waals surface area contributed by atoms with Crippen LogP contribution in [0.15, 0.2) is 24.3 Å². The van der Waals surface area contributed by atoms with Crippen LogP contribution in [0.5, 0.6) is 5.75 Å². The van der Waals surface area contributed by atoms with Crippen LogP contribution >= 0.6 is 0 Å². The highest BCUT2D eigenvalue weighted by Crippen LogP contribution is 2.24. The van der Waals surface area contributed by atoms with E-state index in [2.05, 4.69) is 5.32 Å². The highest BCUT2D eigenvalue weighted by Gasteiger charge is 2.06. The molecule has 0 heterocycles. The number of hydrogen-bond acceptors (Lipinski definition) is 4. The Hall–Kier alpha value is -1.26. The first-order chi connectivity index (χ1) is 7.63. The van der Waals surface area contributed by atoms with E-state index < -0.39 is 0 Å². The lowest BCUT2D eigenvalue weighted by atomic mass is 10.2. The second-order valence-electron chi connectivity index (χ2n) is 3.99. The molecule has 0 amide bonds. The molecule has 4 nitrogen and oxygen atoms in total. The average Bonchev–Trinajstić information content (AvgIpc) is 2.26. The smallest absolute Gasteiger partial charge is 0.142 e. The molecule has 1 aromatic carbocycles. The molecular formula is C12H20N2O2. The van der Waals surface area contributed by atoms with Gasteiger partial charge in [-0.15, -0.1) is 0 Å². The minimum Gasteiger partial charge on any atom is -0.489 e. The zero-order chi connectivity index (χ0) is 12.0. The topological polar surface area (TPSA) is 67.5 Å². The van der Waals surface area contributed by atoms with E-state index in [1.54, 1.807) is 0 Å². The van der Waals surface area contributed by atoms with Crippen LogP contribution in [0, 0.1) is 0 Å². The van der Waals surface area contributed by atoms with Crippen LogP contribution in [-0.4, -0.2) is 30.4 Å². The van der Waals surface area contributed by atoms with Gasteiger partial charge in [-0.2, -0.15) is 0 Å². The molecule has 4 N–H and O–H groups in total. The summed E-state index contributed by atoms with van der Waals surface area (Å²) in [7, 11) is 0. The van der Waals surface area contributed by atoms with Crippen LogP contribution in [0.25, 0.3) is 0 Å². The summed E-state index contributed by atoms with van der Waals surface area (Å²) in [6, 6.07) is 7.44. The summed E-state index contributed by atoms with van der Waals surface area (Å²) in [6.45, 7) is 4.46. The first-order valence-corrected chi connectivity index (χ1v) is 5.49. The van der Waals surface area contributed by atoms with E-state index in [4.69, 9.17) is 15.6 Å². The van der Waals surface area contributed by atoms with Crippen molar-refractivity contribution >= 4 is 5.69 Å². The molecule has 0 fully saturated rings. The maximum Gasteiger partial charge on any atom is 0.142 e. The number of benzene rings is 1. The summed E-state index contributed by atoms with van der Waals surface area (Å²) < 4.78 is 5.65. The van der Waals surface area contributed by atoms with E-state index in [-0.39, 0.29) is 18.8 Å². The number of aliphatic hydroxyl groups is 1. The number of ether oxygens (including phenoxy) is 1. The van der Waals surface area contributed by atoms with Crippen LogP contribution < -0.4 is 15.8 Å². The van der Waals surface area contributed by atoms with Crippen molar-refractivity contribution in [3.05, 3.63) is 24.3 Å². The minimum absolute atomic E-state index is 0.0276. The normalized spacial score (nSPS) is 12.6. The Kier molecular flexibility index (Phi) is 5.08. The average molecular weight is 224 g/mol. The molecule has 1 rings (SSSR count). The second-order valence-corrected chi connectivity index (χ2v) is 3.99. The van der Waals surface area contributed by atoms with E-state index in [0.717, 1.165) is 11.4 Å². The molecule has 1 aromatic rings. The fourth-order valence-corrected chi connectivity index (χ4v) is 1.27. The van der Waals surface area contributed by atoms with Crippen LogP contribution in [0.2, 0.25) is 0 Å². The third-order valence-corrected chi connectivity index (χ3v) is 2.04. The third-order valence-electron chi connectivity index (χ3n) is 2.04. The molecule has 0 saturated carbocycles. The number of aliphatic hydroxyl groups excluding tert-OH is 1. The summed E-state index contributed by atoms with van der Waals surface area (Å²) in [6.07, 6.45) is 0.134. The molecule has 0 aliphatic heterocycles. The number of nitrogens with one attached hydrogen (secondary N) is 1. The van der Waals surface area contributed by atoms with Crippen molar-refractivity contribution in [2.45, 2.75) is 26.0 Å². The van der Waals surface area contributed by atoms with E-state index in [1.807, 2.05) is 38.1 Å². The SMILES string of the molecule is CC(C)Oc1ccccc1NCC(N)CO. The summed E-state index contributed by atoms with van der Waals surface area (Å²) >= 11 is 0. The number of hydrogen-bond donors (Lipinski definition) is 3. The van der Waals surface area contributed by atoms with Crippen molar-refractivity contribution in [1.82, 2.24) is 0 Å². The van der Waals surface area contributed by atoms with Gasteiger partial charge in [0.05, 0.1) is 18.4 Å². The Morgan fingerprint density at radius 1 is 1.38 bits per heavy atom. The van der Waals surface area contributed by atoms with Crippen molar-refractivity contribution in [2.75, 3.05) is 18.5 Å². The van der Waals surface area contributed by atoms with Gasteiger partial charge in [0.15, 0.2) is 0 Å². The van der Waals surface area contributed by atoms with E-state index in [0.29, 0.717) is 6.54 Å². The Labute approximate surface area is 96.4 Å². The molecule has 16 heavy (non-hydrogen) atoms. The monoisotopic (exact) mass is 224 g/mol. The second kappa shape index (κ2) is 6.35. The van der Waals surface area contributed by atoms with Crippen LogP contribution in [0.3, 0.4) is 0 Å². The highest BCUT2D eigenvalue weighted by molar-refractivity contribution is 5.56. The first kappa shape index (κ1) is 12.8. The van der Waals surface area contributed by atoms with Crippen molar-refractivity contribution in [3.8, 4) is 5.75 Å².